The first kappa shape index (κ1) is 21.0. The number of carbonyl (C=O) groups excluding carboxylic acids is 2. The summed E-state index contributed by atoms with van der Waals surface area (Å²) in [6.45, 7) is 3.78. The van der Waals surface area contributed by atoms with Gasteiger partial charge in [-0.1, -0.05) is 26.0 Å². The molecule has 2 N–H and O–H groups in total. The Labute approximate surface area is 158 Å². The van der Waals surface area contributed by atoms with Crippen molar-refractivity contribution in [3.05, 3.63) is 29.8 Å². The number of esters is 1. The zero-order chi connectivity index (χ0) is 20.2. The number of cyclic esters (lactones) is 1. The van der Waals surface area contributed by atoms with Crippen molar-refractivity contribution in [1.29, 1.82) is 0 Å². The highest BCUT2D eigenvalue weighted by Crippen LogP contribution is 2.23. The van der Waals surface area contributed by atoms with Crippen molar-refractivity contribution in [1.82, 2.24) is 9.03 Å². The van der Waals surface area contributed by atoms with Gasteiger partial charge in [-0.15, -0.1) is 0 Å². The van der Waals surface area contributed by atoms with E-state index in [1.807, 2.05) is 13.8 Å². The second-order valence-electron chi connectivity index (χ2n) is 6.73. The summed E-state index contributed by atoms with van der Waals surface area (Å²) in [6, 6.07) is 4.10. The quantitative estimate of drug-likeness (QED) is 0.628. The Hall–Kier alpha value is -2.33. The zero-order valence-corrected chi connectivity index (χ0v) is 16.2. The molecule has 27 heavy (non-hydrogen) atoms. The molecule has 1 amide bonds. The van der Waals surface area contributed by atoms with Crippen LogP contribution in [0.25, 0.3) is 0 Å². The maximum absolute atomic E-state index is 12.8. The molecule has 0 aliphatic carbocycles. The molecular formula is C17H24N2O7S. The number of carbonyl (C=O) groups is 2. The van der Waals surface area contributed by atoms with Gasteiger partial charge < -0.3 is 14.6 Å². The fraction of sp³-hybridized carbons (Fsp3) is 0.529. The Balaban J connectivity index is 2.22. The topological polar surface area (TPSA) is 122 Å². The number of hydrogen-bond donors (Lipinski definition) is 2. The third kappa shape index (κ3) is 5.33. The number of phenolic OH excluding ortho intramolecular Hbond substituents is 1. The van der Waals surface area contributed by atoms with Crippen molar-refractivity contribution in [3.8, 4) is 5.75 Å². The molecule has 1 aromatic rings. The van der Waals surface area contributed by atoms with Gasteiger partial charge in [0.25, 0.3) is 0 Å². The fourth-order valence-corrected chi connectivity index (χ4v) is 4.31. The first-order valence-electron chi connectivity index (χ1n) is 8.48. The average Bonchev–Trinajstić information content (AvgIpc) is 2.95. The maximum Gasteiger partial charge on any atom is 0.425 e. The molecule has 1 aromatic carbocycles. The molecule has 1 heterocycles. The minimum absolute atomic E-state index is 0.0100. The van der Waals surface area contributed by atoms with Gasteiger partial charge in [0.05, 0.1) is 13.2 Å². The Kier molecular flexibility index (Phi) is 6.66. The summed E-state index contributed by atoms with van der Waals surface area (Å²) < 4.78 is 38.0. The van der Waals surface area contributed by atoms with Gasteiger partial charge in [0, 0.05) is 0 Å². The van der Waals surface area contributed by atoms with Crippen LogP contribution in [0.15, 0.2) is 24.3 Å². The molecule has 150 valence electrons. The molecule has 9 nitrogen and oxygen atoms in total. The third-order valence-corrected chi connectivity index (χ3v) is 5.61. The van der Waals surface area contributed by atoms with E-state index in [1.54, 1.807) is 12.1 Å². The summed E-state index contributed by atoms with van der Waals surface area (Å²) in [7, 11) is -3.18. The third-order valence-electron chi connectivity index (χ3n) is 4.07. The molecule has 0 saturated carbocycles. The molecule has 1 aliphatic heterocycles. The molecule has 1 saturated heterocycles. The lowest BCUT2D eigenvalue weighted by atomic mass is 10.1. The lowest BCUT2D eigenvalue weighted by Crippen LogP contribution is -2.52. The van der Waals surface area contributed by atoms with Crippen molar-refractivity contribution < 1.29 is 32.6 Å². The van der Waals surface area contributed by atoms with Crippen LogP contribution in [0.4, 0.5) is 4.79 Å². The lowest BCUT2D eigenvalue weighted by Gasteiger charge is -2.25. The van der Waals surface area contributed by atoms with Crippen molar-refractivity contribution in [3.63, 3.8) is 0 Å². The van der Waals surface area contributed by atoms with Crippen molar-refractivity contribution in [2.24, 2.45) is 5.92 Å². The van der Waals surface area contributed by atoms with Crippen LogP contribution in [0.1, 0.15) is 25.8 Å². The van der Waals surface area contributed by atoms with Gasteiger partial charge in [-0.25, -0.2) is 4.79 Å². The van der Waals surface area contributed by atoms with Crippen LogP contribution in [-0.4, -0.2) is 55.7 Å². The molecule has 2 rings (SSSR count). The molecular weight excluding hydrogens is 376 g/mol. The summed E-state index contributed by atoms with van der Waals surface area (Å²) >= 11 is 0. The highest BCUT2D eigenvalue weighted by atomic mass is 32.2. The Morgan fingerprint density at radius 3 is 2.56 bits per heavy atom. The van der Waals surface area contributed by atoms with E-state index in [1.165, 1.54) is 12.1 Å². The predicted octanol–water partition coefficient (Wildman–Crippen LogP) is 1.18. The molecule has 0 unspecified atom stereocenters. The minimum atomic E-state index is -4.33. The number of nitrogens with one attached hydrogen (secondary N) is 1. The van der Waals surface area contributed by atoms with Crippen LogP contribution < -0.4 is 4.72 Å². The lowest BCUT2D eigenvalue weighted by molar-refractivity contribution is -0.142. The summed E-state index contributed by atoms with van der Waals surface area (Å²) in [5.41, 5.74) is 0.605. The highest BCUT2D eigenvalue weighted by Gasteiger charge is 2.43. The van der Waals surface area contributed by atoms with Crippen molar-refractivity contribution in [2.75, 3.05) is 13.7 Å². The van der Waals surface area contributed by atoms with E-state index in [2.05, 4.69) is 9.46 Å². The number of benzene rings is 1. The molecule has 1 aliphatic rings. The average molecular weight is 400 g/mol. The Morgan fingerprint density at radius 2 is 2.00 bits per heavy atom. The minimum Gasteiger partial charge on any atom is -0.508 e. The monoisotopic (exact) mass is 400 g/mol. The van der Waals surface area contributed by atoms with Crippen LogP contribution in [0, 0.1) is 5.92 Å². The maximum atomic E-state index is 12.8. The van der Waals surface area contributed by atoms with Gasteiger partial charge in [-0.05, 0) is 36.5 Å². The first-order valence-corrected chi connectivity index (χ1v) is 9.92. The molecule has 0 radical (unpaired) electrons. The van der Waals surface area contributed by atoms with Crippen LogP contribution in [0.2, 0.25) is 0 Å². The van der Waals surface area contributed by atoms with E-state index < -0.39 is 34.4 Å². The predicted molar refractivity (Wildman–Crippen MR) is 96.1 cm³/mol. The molecule has 0 aromatic heterocycles. The number of hydrogen-bond acceptors (Lipinski definition) is 7. The second-order valence-corrected chi connectivity index (χ2v) is 8.30. The van der Waals surface area contributed by atoms with Gasteiger partial charge in [0.1, 0.15) is 18.4 Å². The van der Waals surface area contributed by atoms with Crippen LogP contribution in [0.5, 0.6) is 5.75 Å². The number of aromatic hydroxyl groups is 1. The van der Waals surface area contributed by atoms with Crippen LogP contribution in [-0.2, 0) is 30.9 Å². The van der Waals surface area contributed by atoms with E-state index >= 15 is 0 Å². The number of methoxy groups -OCH3 is 1. The number of rotatable bonds is 8. The summed E-state index contributed by atoms with van der Waals surface area (Å²) in [5, 5.41) is 9.35. The number of nitrogens with zero attached hydrogens (tertiary/aromatic N) is 1. The van der Waals surface area contributed by atoms with Gasteiger partial charge in [-0.3, -0.25) is 4.79 Å². The van der Waals surface area contributed by atoms with Crippen LogP contribution >= 0.6 is 0 Å². The summed E-state index contributed by atoms with van der Waals surface area (Å²) in [4.78, 5) is 24.1. The standard InChI is InChI=1S/C17H24N2O7S/c1-11(2)8-13-10-26-17(22)19(13)27(23,24)18-15(16(21)25-3)9-12-4-6-14(20)7-5-12/h4-7,11,13,15,18,20H,8-10H2,1-3H3/t13-,15-/m0/s1. The molecule has 1 fully saturated rings. The normalized spacial score (nSPS) is 18.4. The van der Waals surface area contributed by atoms with Gasteiger partial charge in [0.2, 0.25) is 0 Å². The highest BCUT2D eigenvalue weighted by molar-refractivity contribution is 7.87. The number of ether oxygens (including phenoxy) is 2. The fourth-order valence-electron chi connectivity index (χ4n) is 2.87. The van der Waals surface area contributed by atoms with Crippen LogP contribution in [0.3, 0.4) is 0 Å². The summed E-state index contributed by atoms with van der Waals surface area (Å²) in [6.07, 6.45) is -0.543. The van der Waals surface area contributed by atoms with E-state index in [9.17, 15) is 23.1 Å². The number of phenols is 1. The first-order chi connectivity index (χ1) is 12.6. The SMILES string of the molecule is COC(=O)[C@H](Cc1ccc(O)cc1)NS(=O)(=O)N1C(=O)OC[C@@H]1CC(C)C. The van der Waals surface area contributed by atoms with E-state index in [4.69, 9.17) is 4.74 Å². The van der Waals surface area contributed by atoms with Crippen molar-refractivity contribution in [2.45, 2.75) is 38.8 Å². The van der Waals surface area contributed by atoms with E-state index in [-0.39, 0.29) is 24.7 Å². The second kappa shape index (κ2) is 8.57. The molecule has 2 atom stereocenters. The smallest absolute Gasteiger partial charge is 0.425 e. The zero-order valence-electron chi connectivity index (χ0n) is 15.4. The molecule has 0 spiro atoms. The van der Waals surface area contributed by atoms with Gasteiger partial charge >= 0.3 is 22.3 Å². The largest absolute Gasteiger partial charge is 0.508 e. The van der Waals surface area contributed by atoms with Gasteiger partial charge in [-0.2, -0.15) is 17.4 Å². The Morgan fingerprint density at radius 1 is 1.37 bits per heavy atom. The molecule has 10 heteroatoms. The Bertz CT molecular complexity index is 777. The van der Waals surface area contributed by atoms with Crippen molar-refractivity contribution >= 4 is 22.3 Å². The van der Waals surface area contributed by atoms with Gasteiger partial charge in [0.15, 0.2) is 0 Å². The van der Waals surface area contributed by atoms with E-state index in [0.29, 0.717) is 16.3 Å². The van der Waals surface area contributed by atoms with E-state index in [0.717, 1.165) is 7.11 Å². The molecule has 0 bridgehead atoms. The summed E-state index contributed by atoms with van der Waals surface area (Å²) in [5.74, 6) is -0.597. The number of amides is 1.